The SMILES string of the molecule is Cl.O=C(O)c1ccccc1SCC1NCCN1. The number of thioether (sulfide) groups is 1. The molecule has 1 aliphatic heterocycles. The van der Waals surface area contributed by atoms with Gasteiger partial charge in [-0.25, -0.2) is 4.79 Å². The Kier molecular flexibility index (Phi) is 5.77. The molecule has 1 fully saturated rings. The number of benzene rings is 1. The molecule has 2 rings (SSSR count). The van der Waals surface area contributed by atoms with E-state index < -0.39 is 5.97 Å². The van der Waals surface area contributed by atoms with Crippen molar-refractivity contribution in [2.75, 3.05) is 18.8 Å². The Bertz CT molecular complexity index is 383. The molecule has 17 heavy (non-hydrogen) atoms. The molecule has 1 heterocycles. The third-order valence-electron chi connectivity index (χ3n) is 2.43. The van der Waals surface area contributed by atoms with Crippen molar-refractivity contribution >= 4 is 30.1 Å². The lowest BCUT2D eigenvalue weighted by molar-refractivity contribution is 0.0693. The van der Waals surface area contributed by atoms with E-state index in [1.165, 1.54) is 0 Å². The highest BCUT2D eigenvalue weighted by Gasteiger charge is 2.15. The molecule has 94 valence electrons. The lowest BCUT2D eigenvalue weighted by Gasteiger charge is -2.11. The Morgan fingerprint density at radius 2 is 2.00 bits per heavy atom. The second-order valence-corrected chi connectivity index (χ2v) is 4.63. The van der Waals surface area contributed by atoms with Crippen molar-refractivity contribution in [3.05, 3.63) is 29.8 Å². The largest absolute Gasteiger partial charge is 0.478 e. The van der Waals surface area contributed by atoms with Crippen molar-refractivity contribution in [2.45, 2.75) is 11.1 Å². The van der Waals surface area contributed by atoms with Crippen LogP contribution in [0.2, 0.25) is 0 Å². The molecule has 1 saturated heterocycles. The van der Waals surface area contributed by atoms with Crippen LogP contribution in [-0.4, -0.2) is 36.1 Å². The van der Waals surface area contributed by atoms with Crippen LogP contribution in [0.5, 0.6) is 0 Å². The smallest absolute Gasteiger partial charge is 0.336 e. The summed E-state index contributed by atoms with van der Waals surface area (Å²) in [6, 6.07) is 7.10. The predicted molar refractivity (Wildman–Crippen MR) is 71.2 cm³/mol. The van der Waals surface area contributed by atoms with Crippen LogP contribution >= 0.6 is 24.2 Å². The first-order valence-electron chi connectivity index (χ1n) is 5.19. The third kappa shape index (κ3) is 3.89. The monoisotopic (exact) mass is 274 g/mol. The van der Waals surface area contributed by atoms with Gasteiger partial charge in [0, 0.05) is 23.7 Å². The fourth-order valence-electron chi connectivity index (χ4n) is 1.63. The molecular formula is C11H15ClN2O2S. The Morgan fingerprint density at radius 1 is 1.35 bits per heavy atom. The third-order valence-corrected chi connectivity index (χ3v) is 3.60. The summed E-state index contributed by atoms with van der Waals surface area (Å²) in [5, 5.41) is 15.6. The number of aromatic carboxylic acids is 1. The van der Waals surface area contributed by atoms with E-state index in [0.29, 0.717) is 5.56 Å². The van der Waals surface area contributed by atoms with E-state index in [2.05, 4.69) is 10.6 Å². The molecule has 0 atom stereocenters. The lowest BCUT2D eigenvalue weighted by Crippen LogP contribution is -2.33. The molecule has 0 bridgehead atoms. The van der Waals surface area contributed by atoms with Gasteiger partial charge in [0.05, 0.1) is 11.7 Å². The number of rotatable bonds is 4. The molecule has 0 unspecified atom stereocenters. The summed E-state index contributed by atoms with van der Waals surface area (Å²) in [5.74, 6) is -0.0277. The first-order chi connectivity index (χ1) is 7.77. The van der Waals surface area contributed by atoms with Crippen LogP contribution in [0.1, 0.15) is 10.4 Å². The molecule has 6 heteroatoms. The second kappa shape index (κ2) is 6.86. The van der Waals surface area contributed by atoms with Crippen molar-refractivity contribution in [1.29, 1.82) is 0 Å². The highest BCUT2D eigenvalue weighted by molar-refractivity contribution is 7.99. The van der Waals surface area contributed by atoms with Gasteiger partial charge in [-0.3, -0.25) is 10.6 Å². The second-order valence-electron chi connectivity index (χ2n) is 3.57. The lowest BCUT2D eigenvalue weighted by atomic mass is 10.2. The summed E-state index contributed by atoms with van der Waals surface area (Å²) in [5.41, 5.74) is 0.380. The first kappa shape index (κ1) is 14.3. The number of hydrogen-bond acceptors (Lipinski definition) is 4. The fourth-order valence-corrected chi connectivity index (χ4v) is 2.69. The normalized spacial score (nSPS) is 15.5. The maximum absolute atomic E-state index is 11.0. The van der Waals surface area contributed by atoms with Crippen LogP contribution in [0.4, 0.5) is 0 Å². The van der Waals surface area contributed by atoms with Gasteiger partial charge in [0.2, 0.25) is 0 Å². The van der Waals surface area contributed by atoms with Crippen LogP contribution in [0, 0.1) is 0 Å². The zero-order chi connectivity index (χ0) is 11.4. The molecule has 0 amide bonds. The van der Waals surface area contributed by atoms with Crippen LogP contribution in [0.15, 0.2) is 29.2 Å². The Hall–Kier alpha value is -0.750. The summed E-state index contributed by atoms with van der Waals surface area (Å²) >= 11 is 1.57. The van der Waals surface area contributed by atoms with E-state index in [1.54, 1.807) is 23.9 Å². The van der Waals surface area contributed by atoms with Gasteiger partial charge in [-0.15, -0.1) is 24.2 Å². The fraction of sp³-hybridized carbons (Fsp3) is 0.364. The molecule has 0 aliphatic carbocycles. The summed E-state index contributed by atoms with van der Waals surface area (Å²) in [7, 11) is 0. The molecule has 0 spiro atoms. The number of carboxylic acids is 1. The minimum Gasteiger partial charge on any atom is -0.478 e. The number of hydrogen-bond donors (Lipinski definition) is 3. The van der Waals surface area contributed by atoms with Crippen LogP contribution in [0.25, 0.3) is 0 Å². The van der Waals surface area contributed by atoms with Crippen LogP contribution < -0.4 is 10.6 Å². The zero-order valence-electron chi connectivity index (χ0n) is 9.18. The zero-order valence-corrected chi connectivity index (χ0v) is 10.8. The molecule has 4 nitrogen and oxygen atoms in total. The van der Waals surface area contributed by atoms with Crippen molar-refractivity contribution in [3.63, 3.8) is 0 Å². The van der Waals surface area contributed by atoms with Gasteiger partial charge in [-0.05, 0) is 12.1 Å². The molecule has 0 saturated carbocycles. The molecular weight excluding hydrogens is 260 g/mol. The number of nitrogens with one attached hydrogen (secondary N) is 2. The quantitative estimate of drug-likeness (QED) is 0.725. The summed E-state index contributed by atoms with van der Waals surface area (Å²) in [6.45, 7) is 1.96. The highest BCUT2D eigenvalue weighted by Crippen LogP contribution is 2.23. The van der Waals surface area contributed by atoms with E-state index in [0.717, 1.165) is 23.7 Å². The standard InChI is InChI=1S/C11H14N2O2S.ClH/c14-11(15)8-3-1-2-4-9(8)16-7-10-12-5-6-13-10;/h1-4,10,12-13H,5-7H2,(H,14,15);1H. The van der Waals surface area contributed by atoms with Gasteiger partial charge in [0.15, 0.2) is 0 Å². The Balaban J connectivity index is 0.00000144. The maximum atomic E-state index is 11.0. The van der Waals surface area contributed by atoms with Crippen LogP contribution in [0.3, 0.4) is 0 Å². The summed E-state index contributed by atoms with van der Waals surface area (Å²) < 4.78 is 0. The van der Waals surface area contributed by atoms with Crippen molar-refractivity contribution in [2.24, 2.45) is 0 Å². The maximum Gasteiger partial charge on any atom is 0.336 e. The minimum atomic E-state index is -0.865. The van der Waals surface area contributed by atoms with Gasteiger partial charge in [-0.1, -0.05) is 12.1 Å². The number of halogens is 1. The van der Waals surface area contributed by atoms with Crippen molar-refractivity contribution < 1.29 is 9.90 Å². The van der Waals surface area contributed by atoms with E-state index in [1.807, 2.05) is 12.1 Å². The molecule has 0 radical (unpaired) electrons. The molecule has 1 aliphatic rings. The van der Waals surface area contributed by atoms with Gasteiger partial charge < -0.3 is 5.11 Å². The van der Waals surface area contributed by atoms with Crippen molar-refractivity contribution in [1.82, 2.24) is 10.6 Å². The van der Waals surface area contributed by atoms with Gasteiger partial charge in [0.25, 0.3) is 0 Å². The number of carboxylic acid groups (broad SMARTS) is 1. The van der Waals surface area contributed by atoms with Gasteiger partial charge in [-0.2, -0.15) is 0 Å². The Labute approximate surface area is 111 Å². The van der Waals surface area contributed by atoms with E-state index in [-0.39, 0.29) is 18.6 Å². The van der Waals surface area contributed by atoms with Gasteiger partial charge in [0.1, 0.15) is 0 Å². The average Bonchev–Trinajstić information content (AvgIpc) is 2.79. The summed E-state index contributed by atoms with van der Waals surface area (Å²) in [4.78, 5) is 11.8. The van der Waals surface area contributed by atoms with Crippen LogP contribution in [-0.2, 0) is 0 Å². The molecule has 1 aromatic rings. The summed E-state index contributed by atoms with van der Waals surface area (Å²) in [6.07, 6.45) is 0.284. The van der Waals surface area contributed by atoms with E-state index in [9.17, 15) is 4.79 Å². The van der Waals surface area contributed by atoms with E-state index >= 15 is 0 Å². The molecule has 0 aromatic heterocycles. The van der Waals surface area contributed by atoms with E-state index in [4.69, 9.17) is 5.11 Å². The van der Waals surface area contributed by atoms with Gasteiger partial charge >= 0.3 is 5.97 Å². The topological polar surface area (TPSA) is 61.4 Å². The number of carbonyl (C=O) groups is 1. The average molecular weight is 275 g/mol. The molecule has 1 aromatic carbocycles. The Morgan fingerprint density at radius 3 is 2.65 bits per heavy atom. The minimum absolute atomic E-state index is 0. The first-order valence-corrected chi connectivity index (χ1v) is 6.18. The van der Waals surface area contributed by atoms with Crippen molar-refractivity contribution in [3.8, 4) is 0 Å². The highest BCUT2D eigenvalue weighted by atomic mass is 35.5. The predicted octanol–water partition coefficient (Wildman–Crippen LogP) is 1.42. The molecule has 3 N–H and O–H groups in total.